The molecule has 2 aromatic carbocycles. The van der Waals surface area contributed by atoms with Crippen LogP contribution in [-0.2, 0) is 6.61 Å². The van der Waals surface area contributed by atoms with Gasteiger partial charge in [-0.3, -0.25) is 0 Å². The van der Waals surface area contributed by atoms with Crippen LogP contribution >= 0.6 is 0 Å². The molecule has 1 saturated carbocycles. The molecule has 3 rings (SSSR count). The molecule has 0 spiro atoms. The lowest BCUT2D eigenvalue weighted by atomic mass is 9.96. The topological polar surface area (TPSA) is 20.2 Å². The first-order chi connectivity index (χ1) is 8.38. The van der Waals surface area contributed by atoms with Crippen molar-refractivity contribution in [3.63, 3.8) is 0 Å². The second-order valence-corrected chi connectivity index (χ2v) is 4.72. The average molecular weight is 224 g/mol. The van der Waals surface area contributed by atoms with Crippen LogP contribution in [0.25, 0.3) is 11.1 Å². The predicted molar refractivity (Wildman–Crippen MR) is 69.8 cm³/mol. The van der Waals surface area contributed by atoms with Crippen molar-refractivity contribution in [1.29, 1.82) is 0 Å². The molecule has 0 heterocycles. The summed E-state index contributed by atoms with van der Waals surface area (Å²) < 4.78 is 0. The lowest BCUT2D eigenvalue weighted by Crippen LogP contribution is -1.89. The van der Waals surface area contributed by atoms with Gasteiger partial charge in [0.15, 0.2) is 0 Å². The van der Waals surface area contributed by atoms with Crippen molar-refractivity contribution in [2.75, 3.05) is 0 Å². The zero-order chi connectivity index (χ0) is 11.7. The minimum atomic E-state index is 0.111. The largest absolute Gasteiger partial charge is 0.392 e. The highest BCUT2D eigenvalue weighted by molar-refractivity contribution is 5.69. The van der Waals surface area contributed by atoms with Gasteiger partial charge in [0.25, 0.3) is 0 Å². The fourth-order valence-electron chi connectivity index (χ4n) is 2.35. The maximum atomic E-state index is 9.20. The molecule has 0 amide bonds. The van der Waals surface area contributed by atoms with Crippen molar-refractivity contribution in [3.05, 3.63) is 59.7 Å². The SMILES string of the molecule is OCc1cccc(-c2ccccc2C2CC2)c1. The van der Waals surface area contributed by atoms with Crippen molar-refractivity contribution in [3.8, 4) is 11.1 Å². The van der Waals surface area contributed by atoms with E-state index in [1.165, 1.54) is 29.5 Å². The fourth-order valence-corrected chi connectivity index (χ4v) is 2.35. The number of hydrogen-bond acceptors (Lipinski definition) is 1. The van der Waals surface area contributed by atoms with Gasteiger partial charge in [0.1, 0.15) is 0 Å². The van der Waals surface area contributed by atoms with Crippen LogP contribution in [-0.4, -0.2) is 5.11 Å². The molecule has 0 aliphatic heterocycles. The molecule has 0 bridgehead atoms. The molecule has 2 aromatic rings. The maximum Gasteiger partial charge on any atom is 0.0682 e. The van der Waals surface area contributed by atoms with Crippen LogP contribution in [0.15, 0.2) is 48.5 Å². The second kappa shape index (κ2) is 4.34. The minimum Gasteiger partial charge on any atom is -0.392 e. The van der Waals surface area contributed by atoms with Crippen LogP contribution in [0.5, 0.6) is 0 Å². The molecular formula is C16H16O. The lowest BCUT2D eigenvalue weighted by molar-refractivity contribution is 0.282. The van der Waals surface area contributed by atoms with Gasteiger partial charge in [-0.1, -0.05) is 42.5 Å². The van der Waals surface area contributed by atoms with Crippen molar-refractivity contribution >= 4 is 0 Å². The summed E-state index contributed by atoms with van der Waals surface area (Å²) in [6.07, 6.45) is 2.63. The van der Waals surface area contributed by atoms with E-state index in [0.717, 1.165) is 11.5 Å². The van der Waals surface area contributed by atoms with E-state index in [1.54, 1.807) is 0 Å². The van der Waals surface area contributed by atoms with Gasteiger partial charge in [-0.05, 0) is 47.1 Å². The number of aliphatic hydroxyl groups excluding tert-OH is 1. The molecule has 1 nitrogen and oxygen atoms in total. The highest BCUT2D eigenvalue weighted by Crippen LogP contribution is 2.44. The summed E-state index contributed by atoms with van der Waals surface area (Å²) in [5.74, 6) is 0.754. The van der Waals surface area contributed by atoms with Gasteiger partial charge in [0.2, 0.25) is 0 Å². The molecular weight excluding hydrogens is 208 g/mol. The quantitative estimate of drug-likeness (QED) is 0.842. The molecule has 0 saturated heterocycles. The summed E-state index contributed by atoms with van der Waals surface area (Å²) in [5, 5.41) is 9.20. The Morgan fingerprint density at radius 1 is 1.00 bits per heavy atom. The molecule has 1 N–H and O–H groups in total. The minimum absolute atomic E-state index is 0.111. The Labute approximate surface area is 102 Å². The zero-order valence-corrected chi connectivity index (χ0v) is 9.76. The van der Waals surface area contributed by atoms with Crippen LogP contribution in [0, 0.1) is 0 Å². The Kier molecular flexibility index (Phi) is 2.69. The average Bonchev–Trinajstić information content (AvgIpc) is 3.23. The number of rotatable bonds is 3. The number of hydrogen-bond donors (Lipinski definition) is 1. The van der Waals surface area contributed by atoms with Crippen LogP contribution < -0.4 is 0 Å². The molecule has 86 valence electrons. The molecule has 1 heteroatoms. The molecule has 0 aromatic heterocycles. The van der Waals surface area contributed by atoms with Gasteiger partial charge in [0, 0.05) is 0 Å². The Morgan fingerprint density at radius 3 is 2.59 bits per heavy atom. The fraction of sp³-hybridized carbons (Fsp3) is 0.250. The smallest absolute Gasteiger partial charge is 0.0682 e. The van der Waals surface area contributed by atoms with E-state index in [2.05, 4.69) is 36.4 Å². The van der Waals surface area contributed by atoms with Gasteiger partial charge < -0.3 is 5.11 Å². The summed E-state index contributed by atoms with van der Waals surface area (Å²) in [5.41, 5.74) is 4.99. The first kappa shape index (κ1) is 10.5. The van der Waals surface area contributed by atoms with E-state index in [0.29, 0.717) is 0 Å². The van der Waals surface area contributed by atoms with Crippen LogP contribution in [0.4, 0.5) is 0 Å². The monoisotopic (exact) mass is 224 g/mol. The summed E-state index contributed by atoms with van der Waals surface area (Å²) in [6.45, 7) is 0.111. The van der Waals surface area contributed by atoms with Crippen molar-refractivity contribution < 1.29 is 5.11 Å². The maximum absolute atomic E-state index is 9.20. The predicted octanol–water partition coefficient (Wildman–Crippen LogP) is 3.72. The molecule has 1 aliphatic carbocycles. The summed E-state index contributed by atoms with van der Waals surface area (Å²) in [6, 6.07) is 16.8. The van der Waals surface area contributed by atoms with Gasteiger partial charge in [-0.25, -0.2) is 0 Å². The standard InChI is InChI=1S/C16H16O/c17-11-12-4-3-5-14(10-12)16-7-2-1-6-15(16)13-8-9-13/h1-7,10,13,17H,8-9,11H2. The number of aliphatic hydroxyl groups is 1. The third kappa shape index (κ3) is 2.11. The normalized spacial score (nSPS) is 14.9. The molecule has 1 fully saturated rings. The van der Waals surface area contributed by atoms with Crippen molar-refractivity contribution in [1.82, 2.24) is 0 Å². The third-order valence-corrected chi connectivity index (χ3v) is 3.40. The molecule has 0 radical (unpaired) electrons. The first-order valence-corrected chi connectivity index (χ1v) is 6.17. The highest BCUT2D eigenvalue weighted by Gasteiger charge is 2.25. The highest BCUT2D eigenvalue weighted by atomic mass is 16.3. The lowest BCUT2D eigenvalue weighted by Gasteiger charge is -2.09. The Hall–Kier alpha value is -1.60. The second-order valence-electron chi connectivity index (χ2n) is 4.72. The molecule has 17 heavy (non-hydrogen) atoms. The van der Waals surface area contributed by atoms with Crippen molar-refractivity contribution in [2.45, 2.75) is 25.4 Å². The number of benzene rings is 2. The van der Waals surface area contributed by atoms with Crippen molar-refractivity contribution in [2.24, 2.45) is 0 Å². The summed E-state index contributed by atoms with van der Waals surface area (Å²) >= 11 is 0. The molecule has 1 aliphatic rings. The summed E-state index contributed by atoms with van der Waals surface area (Å²) in [4.78, 5) is 0. The third-order valence-electron chi connectivity index (χ3n) is 3.40. The van der Waals surface area contributed by atoms with Gasteiger partial charge >= 0.3 is 0 Å². The van der Waals surface area contributed by atoms with E-state index in [-0.39, 0.29) is 6.61 Å². The van der Waals surface area contributed by atoms with E-state index in [1.807, 2.05) is 12.1 Å². The molecule has 0 unspecified atom stereocenters. The Balaban J connectivity index is 2.07. The van der Waals surface area contributed by atoms with E-state index in [4.69, 9.17) is 0 Å². The molecule has 0 atom stereocenters. The summed E-state index contributed by atoms with van der Waals surface area (Å²) in [7, 11) is 0. The van der Waals surface area contributed by atoms with Gasteiger partial charge in [0.05, 0.1) is 6.61 Å². The van der Waals surface area contributed by atoms with Crippen LogP contribution in [0.2, 0.25) is 0 Å². The zero-order valence-electron chi connectivity index (χ0n) is 9.76. The van der Waals surface area contributed by atoms with Gasteiger partial charge in [-0.15, -0.1) is 0 Å². The Morgan fingerprint density at radius 2 is 1.82 bits per heavy atom. The first-order valence-electron chi connectivity index (χ1n) is 6.17. The van der Waals surface area contributed by atoms with E-state index in [9.17, 15) is 5.11 Å². The van der Waals surface area contributed by atoms with Crippen LogP contribution in [0.3, 0.4) is 0 Å². The van der Waals surface area contributed by atoms with Gasteiger partial charge in [-0.2, -0.15) is 0 Å². The van der Waals surface area contributed by atoms with E-state index >= 15 is 0 Å². The van der Waals surface area contributed by atoms with E-state index < -0.39 is 0 Å². The Bertz CT molecular complexity index is 527. The van der Waals surface area contributed by atoms with Crippen LogP contribution in [0.1, 0.15) is 29.9 Å².